The van der Waals surface area contributed by atoms with Gasteiger partial charge in [0.1, 0.15) is 6.61 Å². The number of nitrogens with zero attached hydrogens (tertiary/aromatic N) is 1. The Morgan fingerprint density at radius 1 is 1.29 bits per heavy atom. The molecule has 0 aliphatic carbocycles. The van der Waals surface area contributed by atoms with E-state index in [9.17, 15) is 19.5 Å². The van der Waals surface area contributed by atoms with Gasteiger partial charge in [-0.05, 0) is 40.4 Å². The molecule has 10 nitrogen and oxygen atoms in total. The van der Waals surface area contributed by atoms with Gasteiger partial charge in [-0.3, -0.25) is 9.59 Å². The molecule has 2 amide bonds. The van der Waals surface area contributed by atoms with Crippen LogP contribution in [0.4, 0.5) is 4.79 Å². The van der Waals surface area contributed by atoms with Gasteiger partial charge >= 0.3 is 6.09 Å². The Morgan fingerprint density at radius 3 is 2.71 bits per heavy atom. The zero-order valence-corrected chi connectivity index (χ0v) is 20.3. The molecule has 4 atom stereocenters. The Hall–Kier alpha value is -2.15. The van der Waals surface area contributed by atoms with E-state index < -0.39 is 41.8 Å². The van der Waals surface area contributed by atoms with Gasteiger partial charge in [0.05, 0.1) is 23.7 Å². The van der Waals surface area contributed by atoms with Gasteiger partial charge in [0, 0.05) is 20.1 Å². The highest BCUT2D eigenvalue weighted by Crippen LogP contribution is 2.36. The molecule has 3 rings (SSSR count). The lowest BCUT2D eigenvalue weighted by Crippen LogP contribution is -2.56. The number of carbonyl (C=O) groups excluding carboxylic acids is 3. The molecule has 0 unspecified atom stereocenters. The first-order valence-corrected chi connectivity index (χ1v) is 11.7. The number of halogens is 1. The van der Waals surface area contributed by atoms with Gasteiger partial charge in [0.25, 0.3) is 5.91 Å². The summed E-state index contributed by atoms with van der Waals surface area (Å²) >= 11 is 3.17. The van der Waals surface area contributed by atoms with E-state index in [4.69, 9.17) is 24.1 Å². The smallest absolute Gasteiger partial charge is 0.417 e. The van der Waals surface area contributed by atoms with E-state index in [-0.39, 0.29) is 37.3 Å². The topological polar surface area (TPSA) is 132 Å². The number of benzene rings is 1. The number of carbonyl (C=O) groups is 3. The minimum Gasteiger partial charge on any atom is -0.447 e. The zero-order chi connectivity index (χ0) is 24.7. The van der Waals surface area contributed by atoms with Crippen molar-refractivity contribution >= 4 is 33.7 Å². The van der Waals surface area contributed by atoms with Gasteiger partial charge in [-0.2, -0.15) is 0 Å². The van der Waals surface area contributed by atoms with Crippen LogP contribution in [0.15, 0.2) is 40.9 Å². The van der Waals surface area contributed by atoms with Crippen LogP contribution in [0.25, 0.3) is 0 Å². The SMILES string of the molecule is CO[C@@H](C(=O)N1C(=O)OC[C@H]1Cc1ccccc1)[C@H]1O[C@@](O)(CCCOCCO)C(Br)=CC1=O. The number of hydrogen-bond acceptors (Lipinski definition) is 9. The highest BCUT2D eigenvalue weighted by molar-refractivity contribution is 9.11. The van der Waals surface area contributed by atoms with Gasteiger partial charge in [0.2, 0.25) is 0 Å². The van der Waals surface area contributed by atoms with E-state index in [1.807, 2.05) is 30.3 Å². The van der Waals surface area contributed by atoms with Crippen molar-refractivity contribution in [2.75, 3.05) is 33.5 Å². The largest absolute Gasteiger partial charge is 0.447 e. The summed E-state index contributed by atoms with van der Waals surface area (Å²) in [5, 5.41) is 19.8. The molecule has 11 heteroatoms. The van der Waals surface area contributed by atoms with Crippen molar-refractivity contribution in [1.82, 2.24) is 4.90 Å². The maximum atomic E-state index is 13.4. The van der Waals surface area contributed by atoms with Crippen LogP contribution in [0.2, 0.25) is 0 Å². The molecule has 1 aromatic rings. The lowest BCUT2D eigenvalue weighted by molar-refractivity contribution is -0.227. The van der Waals surface area contributed by atoms with Crippen LogP contribution < -0.4 is 0 Å². The first kappa shape index (κ1) is 26.5. The number of imide groups is 1. The van der Waals surface area contributed by atoms with E-state index in [1.165, 1.54) is 7.11 Å². The van der Waals surface area contributed by atoms with E-state index in [2.05, 4.69) is 15.9 Å². The maximum Gasteiger partial charge on any atom is 0.417 e. The average molecular weight is 542 g/mol. The third-order valence-corrected chi connectivity index (χ3v) is 6.42. The molecule has 2 aliphatic rings. The Balaban J connectivity index is 1.75. The maximum absolute atomic E-state index is 13.4. The molecule has 2 heterocycles. The van der Waals surface area contributed by atoms with E-state index in [0.29, 0.717) is 12.8 Å². The molecule has 0 spiro atoms. The van der Waals surface area contributed by atoms with Crippen LogP contribution in [0.5, 0.6) is 0 Å². The highest BCUT2D eigenvalue weighted by atomic mass is 79.9. The Kier molecular flexibility index (Phi) is 9.34. The molecule has 1 fully saturated rings. The fourth-order valence-electron chi connectivity index (χ4n) is 3.87. The fourth-order valence-corrected chi connectivity index (χ4v) is 4.39. The van der Waals surface area contributed by atoms with Crippen LogP contribution >= 0.6 is 15.9 Å². The number of ketones is 1. The number of cyclic esters (lactones) is 1. The Labute approximate surface area is 205 Å². The first-order chi connectivity index (χ1) is 16.3. The molecule has 2 aliphatic heterocycles. The molecule has 1 aromatic carbocycles. The average Bonchev–Trinajstić information content (AvgIpc) is 3.18. The lowest BCUT2D eigenvalue weighted by atomic mass is 9.99. The van der Waals surface area contributed by atoms with Crippen molar-refractivity contribution in [3.8, 4) is 0 Å². The predicted molar refractivity (Wildman–Crippen MR) is 122 cm³/mol. The van der Waals surface area contributed by atoms with Crippen LogP contribution in [0, 0.1) is 0 Å². The van der Waals surface area contributed by atoms with E-state index in [1.54, 1.807) is 0 Å². The molecule has 0 bridgehead atoms. The van der Waals surface area contributed by atoms with Crippen molar-refractivity contribution in [1.29, 1.82) is 0 Å². The summed E-state index contributed by atoms with van der Waals surface area (Å²) in [6.45, 7) is 0.299. The van der Waals surface area contributed by atoms with Crippen molar-refractivity contribution < 1.29 is 43.5 Å². The number of methoxy groups -OCH3 is 1. The third-order valence-electron chi connectivity index (χ3n) is 5.57. The summed E-state index contributed by atoms with van der Waals surface area (Å²) in [5.74, 6) is -3.28. The second-order valence-electron chi connectivity index (χ2n) is 7.94. The summed E-state index contributed by atoms with van der Waals surface area (Å²) in [6, 6.07) is 8.74. The number of hydrogen-bond donors (Lipinski definition) is 2. The molecule has 186 valence electrons. The van der Waals surface area contributed by atoms with Gasteiger partial charge in [0.15, 0.2) is 23.8 Å². The summed E-state index contributed by atoms with van der Waals surface area (Å²) in [5.41, 5.74) is 0.909. The van der Waals surface area contributed by atoms with Gasteiger partial charge in [-0.15, -0.1) is 0 Å². The van der Waals surface area contributed by atoms with Crippen molar-refractivity contribution in [3.05, 3.63) is 46.5 Å². The monoisotopic (exact) mass is 541 g/mol. The molecule has 2 N–H and O–H groups in total. The van der Waals surface area contributed by atoms with Gasteiger partial charge in [-0.1, -0.05) is 30.3 Å². The van der Waals surface area contributed by atoms with Gasteiger partial charge < -0.3 is 29.2 Å². The van der Waals surface area contributed by atoms with Crippen LogP contribution in [-0.4, -0.2) is 90.5 Å². The molecule has 0 saturated carbocycles. The number of amides is 2. The van der Waals surface area contributed by atoms with Crippen LogP contribution in [0.3, 0.4) is 0 Å². The predicted octanol–water partition coefficient (Wildman–Crippen LogP) is 1.32. The molecular weight excluding hydrogens is 514 g/mol. The standard InChI is InChI=1S/C23H28BrNO9/c1-31-20(19-17(27)13-18(24)23(30,34-19)8-5-10-32-11-9-26)21(28)25-16(14-33-22(25)29)12-15-6-3-2-4-7-15/h2-4,6-7,13,16,19-20,26,30H,5,8-12,14H2,1H3/t16-,19+,20-,23+/m1/s1. The number of aliphatic hydroxyl groups is 2. The van der Waals surface area contributed by atoms with Crippen molar-refractivity contribution in [2.24, 2.45) is 0 Å². The molecule has 0 aromatic heterocycles. The molecule has 34 heavy (non-hydrogen) atoms. The first-order valence-electron chi connectivity index (χ1n) is 10.9. The van der Waals surface area contributed by atoms with Crippen LogP contribution in [0.1, 0.15) is 18.4 Å². The fraction of sp³-hybridized carbons (Fsp3) is 0.522. The second-order valence-corrected chi connectivity index (χ2v) is 8.80. The van der Waals surface area contributed by atoms with Crippen molar-refractivity contribution in [2.45, 2.75) is 43.3 Å². The summed E-state index contributed by atoms with van der Waals surface area (Å²) in [7, 11) is 1.22. The normalized spacial score (nSPS) is 25.8. The summed E-state index contributed by atoms with van der Waals surface area (Å²) < 4.78 is 21.4. The quantitative estimate of drug-likeness (QED) is 0.398. The lowest BCUT2D eigenvalue weighted by Gasteiger charge is -2.38. The number of rotatable bonds is 11. The molecule has 1 saturated heterocycles. The number of aliphatic hydroxyl groups excluding tert-OH is 1. The van der Waals surface area contributed by atoms with E-state index >= 15 is 0 Å². The Bertz CT molecular complexity index is 909. The molecular formula is C23H28BrNO9. The van der Waals surface area contributed by atoms with Gasteiger partial charge in [-0.25, -0.2) is 9.69 Å². The summed E-state index contributed by atoms with van der Waals surface area (Å²) in [4.78, 5) is 39.4. The second kappa shape index (κ2) is 12.0. The highest BCUT2D eigenvalue weighted by Gasteiger charge is 2.50. The third kappa shape index (κ3) is 6.09. The minimum absolute atomic E-state index is 0.0125. The van der Waals surface area contributed by atoms with Crippen molar-refractivity contribution in [3.63, 3.8) is 0 Å². The van der Waals surface area contributed by atoms with Crippen LogP contribution in [-0.2, 0) is 35.0 Å². The number of ether oxygens (including phenoxy) is 4. The zero-order valence-electron chi connectivity index (χ0n) is 18.7. The molecule has 0 radical (unpaired) electrons. The van der Waals surface area contributed by atoms with E-state index in [0.717, 1.165) is 16.5 Å². The Morgan fingerprint density at radius 2 is 2.03 bits per heavy atom. The minimum atomic E-state index is -1.90. The summed E-state index contributed by atoms with van der Waals surface area (Å²) in [6.07, 6.45) is -1.87.